The first-order chi connectivity index (χ1) is 11.0. The van der Waals surface area contributed by atoms with E-state index in [0.717, 1.165) is 23.9 Å². The van der Waals surface area contributed by atoms with Gasteiger partial charge in [0.2, 0.25) is 0 Å². The number of rotatable bonds is 3. The van der Waals surface area contributed by atoms with E-state index < -0.39 is 17.5 Å². The van der Waals surface area contributed by atoms with Crippen LogP contribution in [0.1, 0.15) is 16.2 Å². The number of nitrogens with zero attached hydrogens (tertiary/aromatic N) is 3. The molecule has 0 aliphatic rings. The van der Waals surface area contributed by atoms with Gasteiger partial charge in [0, 0.05) is 11.8 Å². The SMILES string of the molecule is Cc1c(C(=O)Nc2cc(F)cc(F)c2)nnn1-c1ccccc1. The Bertz CT molecular complexity index is 842. The van der Waals surface area contributed by atoms with Gasteiger partial charge in [-0.2, -0.15) is 0 Å². The van der Waals surface area contributed by atoms with Gasteiger partial charge in [0.1, 0.15) is 11.6 Å². The summed E-state index contributed by atoms with van der Waals surface area (Å²) in [6.45, 7) is 1.69. The minimum atomic E-state index is -0.773. The summed E-state index contributed by atoms with van der Waals surface area (Å²) < 4.78 is 27.8. The van der Waals surface area contributed by atoms with Crippen molar-refractivity contribution in [3.8, 4) is 5.69 Å². The zero-order chi connectivity index (χ0) is 16.4. The quantitative estimate of drug-likeness (QED) is 0.808. The third-order valence-electron chi connectivity index (χ3n) is 3.23. The molecule has 0 saturated heterocycles. The van der Waals surface area contributed by atoms with Gasteiger partial charge in [-0.3, -0.25) is 4.79 Å². The number of hydrogen-bond acceptors (Lipinski definition) is 3. The largest absolute Gasteiger partial charge is 0.320 e. The van der Waals surface area contributed by atoms with Crippen molar-refractivity contribution in [2.75, 3.05) is 5.32 Å². The molecule has 0 radical (unpaired) electrons. The molecule has 3 rings (SSSR count). The number of benzene rings is 2. The first-order valence-electron chi connectivity index (χ1n) is 6.80. The van der Waals surface area contributed by atoms with Crippen LogP contribution in [0.3, 0.4) is 0 Å². The van der Waals surface area contributed by atoms with E-state index in [9.17, 15) is 13.6 Å². The fourth-order valence-electron chi connectivity index (χ4n) is 2.17. The summed E-state index contributed by atoms with van der Waals surface area (Å²) in [5.41, 5.74) is 1.37. The molecule has 0 unspecified atom stereocenters. The molecule has 5 nitrogen and oxygen atoms in total. The number of nitrogens with one attached hydrogen (secondary N) is 1. The van der Waals surface area contributed by atoms with Gasteiger partial charge < -0.3 is 5.32 Å². The Kier molecular flexibility index (Phi) is 3.84. The lowest BCUT2D eigenvalue weighted by Crippen LogP contribution is -2.14. The monoisotopic (exact) mass is 314 g/mol. The lowest BCUT2D eigenvalue weighted by molar-refractivity contribution is 0.102. The number of aromatic nitrogens is 3. The van der Waals surface area contributed by atoms with Gasteiger partial charge in [-0.1, -0.05) is 23.4 Å². The number of anilines is 1. The Hall–Kier alpha value is -3.09. The molecule has 116 valence electrons. The zero-order valence-corrected chi connectivity index (χ0v) is 12.1. The summed E-state index contributed by atoms with van der Waals surface area (Å²) in [5.74, 6) is -2.13. The molecule has 7 heteroatoms. The van der Waals surface area contributed by atoms with Crippen LogP contribution in [0.5, 0.6) is 0 Å². The van der Waals surface area contributed by atoms with E-state index in [0.29, 0.717) is 5.69 Å². The molecule has 1 aromatic heterocycles. The Labute approximate surface area is 130 Å². The van der Waals surface area contributed by atoms with Crippen molar-refractivity contribution in [3.63, 3.8) is 0 Å². The van der Waals surface area contributed by atoms with Crippen molar-refractivity contribution < 1.29 is 13.6 Å². The number of halogens is 2. The summed E-state index contributed by atoms with van der Waals surface area (Å²) in [6, 6.07) is 12.0. The smallest absolute Gasteiger partial charge is 0.278 e. The van der Waals surface area contributed by atoms with Crippen molar-refractivity contribution in [1.82, 2.24) is 15.0 Å². The van der Waals surface area contributed by atoms with Gasteiger partial charge in [-0.25, -0.2) is 13.5 Å². The van der Waals surface area contributed by atoms with Crippen LogP contribution in [0.4, 0.5) is 14.5 Å². The van der Waals surface area contributed by atoms with E-state index in [4.69, 9.17) is 0 Å². The average Bonchev–Trinajstić information content (AvgIpc) is 2.89. The molecule has 23 heavy (non-hydrogen) atoms. The third-order valence-corrected chi connectivity index (χ3v) is 3.23. The highest BCUT2D eigenvalue weighted by atomic mass is 19.1. The second kappa shape index (κ2) is 5.96. The number of amides is 1. The average molecular weight is 314 g/mol. The number of carbonyl (C=O) groups is 1. The highest BCUT2D eigenvalue weighted by Gasteiger charge is 2.17. The Morgan fingerprint density at radius 2 is 1.74 bits per heavy atom. The summed E-state index contributed by atoms with van der Waals surface area (Å²) in [6.07, 6.45) is 0. The fourth-order valence-corrected chi connectivity index (χ4v) is 2.17. The van der Waals surface area contributed by atoms with Crippen LogP contribution in [0.15, 0.2) is 48.5 Å². The maximum Gasteiger partial charge on any atom is 0.278 e. The molecule has 1 heterocycles. The standard InChI is InChI=1S/C16H12F2N4O/c1-10-15(20-21-22(10)14-5-3-2-4-6-14)16(23)19-13-8-11(17)7-12(18)9-13/h2-9H,1H3,(H,19,23). The van der Waals surface area contributed by atoms with Crippen LogP contribution in [-0.2, 0) is 0 Å². The lowest BCUT2D eigenvalue weighted by Gasteiger charge is -2.05. The molecular formula is C16H12F2N4O. The maximum absolute atomic E-state index is 13.2. The minimum Gasteiger partial charge on any atom is -0.320 e. The van der Waals surface area contributed by atoms with Crippen LogP contribution < -0.4 is 5.32 Å². The predicted molar refractivity (Wildman–Crippen MR) is 80.4 cm³/mol. The van der Waals surface area contributed by atoms with E-state index in [-0.39, 0.29) is 11.4 Å². The molecule has 0 aliphatic heterocycles. The second-order valence-corrected chi connectivity index (χ2v) is 4.88. The van der Waals surface area contributed by atoms with Crippen LogP contribution in [-0.4, -0.2) is 20.9 Å². The van der Waals surface area contributed by atoms with Gasteiger partial charge >= 0.3 is 0 Å². The summed E-state index contributed by atoms with van der Waals surface area (Å²) in [4.78, 5) is 12.2. The van der Waals surface area contributed by atoms with Crippen molar-refractivity contribution in [2.24, 2.45) is 0 Å². The lowest BCUT2D eigenvalue weighted by atomic mass is 10.2. The molecule has 0 bridgehead atoms. The van der Waals surface area contributed by atoms with Crippen LogP contribution in [0.2, 0.25) is 0 Å². The van der Waals surface area contributed by atoms with Crippen molar-refractivity contribution >= 4 is 11.6 Å². The molecule has 0 aliphatic carbocycles. The van der Waals surface area contributed by atoms with E-state index >= 15 is 0 Å². The fraction of sp³-hybridized carbons (Fsp3) is 0.0625. The molecule has 3 aromatic rings. The Balaban J connectivity index is 1.87. The van der Waals surface area contributed by atoms with E-state index in [2.05, 4.69) is 15.6 Å². The Morgan fingerprint density at radius 1 is 1.09 bits per heavy atom. The highest BCUT2D eigenvalue weighted by Crippen LogP contribution is 2.16. The van der Waals surface area contributed by atoms with Gasteiger partial charge in [0.05, 0.1) is 11.4 Å². The van der Waals surface area contributed by atoms with Gasteiger partial charge in [0.15, 0.2) is 5.69 Å². The first-order valence-corrected chi connectivity index (χ1v) is 6.80. The molecule has 1 N–H and O–H groups in total. The zero-order valence-electron chi connectivity index (χ0n) is 12.1. The van der Waals surface area contributed by atoms with E-state index in [1.54, 1.807) is 6.92 Å². The number of hydrogen-bond donors (Lipinski definition) is 1. The van der Waals surface area contributed by atoms with Crippen molar-refractivity contribution in [3.05, 3.63) is 71.6 Å². The molecular weight excluding hydrogens is 302 g/mol. The van der Waals surface area contributed by atoms with E-state index in [1.165, 1.54) is 4.68 Å². The predicted octanol–water partition coefficient (Wildman–Crippen LogP) is 3.11. The number of carbonyl (C=O) groups excluding carboxylic acids is 1. The molecule has 0 spiro atoms. The third kappa shape index (κ3) is 3.08. The van der Waals surface area contributed by atoms with Gasteiger partial charge in [0.25, 0.3) is 5.91 Å². The topological polar surface area (TPSA) is 59.8 Å². The normalized spacial score (nSPS) is 10.6. The Morgan fingerprint density at radius 3 is 2.39 bits per heavy atom. The summed E-state index contributed by atoms with van der Waals surface area (Å²) in [7, 11) is 0. The van der Waals surface area contributed by atoms with Gasteiger partial charge in [-0.05, 0) is 31.2 Å². The molecule has 0 atom stereocenters. The van der Waals surface area contributed by atoms with Crippen LogP contribution in [0, 0.1) is 18.6 Å². The van der Waals surface area contributed by atoms with Crippen LogP contribution >= 0.6 is 0 Å². The van der Waals surface area contributed by atoms with Gasteiger partial charge in [-0.15, -0.1) is 5.10 Å². The minimum absolute atomic E-state index is 0.0150. The maximum atomic E-state index is 13.2. The van der Waals surface area contributed by atoms with E-state index in [1.807, 2.05) is 30.3 Å². The first kappa shape index (κ1) is 14.8. The summed E-state index contributed by atoms with van der Waals surface area (Å²) in [5, 5.41) is 10.2. The second-order valence-electron chi connectivity index (χ2n) is 4.88. The van der Waals surface area contributed by atoms with Crippen molar-refractivity contribution in [1.29, 1.82) is 0 Å². The molecule has 1 amide bonds. The van der Waals surface area contributed by atoms with Crippen molar-refractivity contribution in [2.45, 2.75) is 6.92 Å². The molecule has 0 fully saturated rings. The summed E-state index contributed by atoms with van der Waals surface area (Å²) >= 11 is 0. The van der Waals surface area contributed by atoms with Crippen LogP contribution in [0.25, 0.3) is 5.69 Å². The molecule has 2 aromatic carbocycles. The molecule has 0 saturated carbocycles. The number of para-hydroxylation sites is 1. The highest BCUT2D eigenvalue weighted by molar-refractivity contribution is 6.03.